The van der Waals surface area contributed by atoms with Gasteiger partial charge in [0.1, 0.15) is 5.75 Å². The average Bonchev–Trinajstić information content (AvgIpc) is 2.54. The largest absolute Gasteiger partial charge is 0.496 e. The van der Waals surface area contributed by atoms with Crippen LogP contribution in [-0.4, -0.2) is 24.0 Å². The van der Waals surface area contributed by atoms with Crippen molar-refractivity contribution in [2.45, 2.75) is 19.5 Å². The molecule has 0 unspecified atom stereocenters. The van der Waals surface area contributed by atoms with Gasteiger partial charge in [-0.15, -0.1) is 0 Å². The molecule has 0 spiro atoms. The first-order valence-corrected chi connectivity index (χ1v) is 7.10. The van der Waals surface area contributed by atoms with E-state index in [1.165, 1.54) is 6.07 Å². The maximum absolute atomic E-state index is 11.1. The zero-order valence-electron chi connectivity index (χ0n) is 13.0. The van der Waals surface area contributed by atoms with Gasteiger partial charge in [0.05, 0.1) is 12.0 Å². The number of hydrogen-bond acceptors (Lipinski definition) is 4. The number of rotatable bonds is 6. The molecule has 2 rings (SSSR count). The van der Waals surface area contributed by atoms with Gasteiger partial charge in [0.15, 0.2) is 0 Å². The summed E-state index contributed by atoms with van der Waals surface area (Å²) in [5.74, 6) is 0.824. The third-order valence-electron chi connectivity index (χ3n) is 3.86. The zero-order valence-corrected chi connectivity index (χ0v) is 13.0. The zero-order chi connectivity index (χ0) is 16.1. The van der Waals surface area contributed by atoms with Gasteiger partial charge in [0, 0.05) is 29.8 Å². The van der Waals surface area contributed by atoms with Gasteiger partial charge in [-0.2, -0.15) is 0 Å². The average molecular weight is 300 g/mol. The quantitative estimate of drug-likeness (QED) is 0.601. The lowest BCUT2D eigenvalue weighted by atomic mass is 10.0. The Morgan fingerprint density at radius 3 is 2.50 bits per heavy atom. The number of ether oxygens (including phenoxy) is 1. The summed E-state index contributed by atoms with van der Waals surface area (Å²) in [6.07, 6.45) is 0. The van der Waals surface area contributed by atoms with E-state index in [-0.39, 0.29) is 16.7 Å². The van der Waals surface area contributed by atoms with Crippen molar-refractivity contribution < 1.29 is 9.66 Å². The van der Waals surface area contributed by atoms with Gasteiger partial charge < -0.3 is 4.74 Å². The van der Waals surface area contributed by atoms with E-state index in [0.29, 0.717) is 12.1 Å². The SMILES string of the molecule is COc1ccccc1[C@@H](C)N(C)Cc1ccccc1[N+](=O)[O-]. The number of methoxy groups -OCH3 is 1. The van der Waals surface area contributed by atoms with Crippen LogP contribution in [0.15, 0.2) is 48.5 Å². The van der Waals surface area contributed by atoms with Gasteiger partial charge in [-0.1, -0.05) is 36.4 Å². The van der Waals surface area contributed by atoms with E-state index >= 15 is 0 Å². The number of nitro benzene ring substituents is 1. The van der Waals surface area contributed by atoms with E-state index in [0.717, 1.165) is 11.3 Å². The Hall–Kier alpha value is -2.40. The number of nitro groups is 1. The molecule has 116 valence electrons. The maximum Gasteiger partial charge on any atom is 0.273 e. The molecule has 0 bridgehead atoms. The van der Waals surface area contributed by atoms with Crippen LogP contribution in [0.3, 0.4) is 0 Å². The summed E-state index contributed by atoms with van der Waals surface area (Å²) < 4.78 is 5.39. The van der Waals surface area contributed by atoms with Crippen LogP contribution < -0.4 is 4.74 Å². The van der Waals surface area contributed by atoms with Crippen LogP contribution >= 0.6 is 0 Å². The van der Waals surface area contributed by atoms with E-state index in [2.05, 4.69) is 11.8 Å². The normalized spacial score (nSPS) is 12.2. The summed E-state index contributed by atoms with van der Waals surface area (Å²) in [7, 11) is 3.60. The monoisotopic (exact) mass is 300 g/mol. The Kier molecular flexibility index (Phi) is 5.12. The summed E-state index contributed by atoms with van der Waals surface area (Å²) in [5, 5.41) is 11.1. The first-order chi connectivity index (χ1) is 10.5. The van der Waals surface area contributed by atoms with Crippen LogP contribution in [0.4, 0.5) is 5.69 Å². The second-order valence-electron chi connectivity index (χ2n) is 5.22. The topological polar surface area (TPSA) is 55.6 Å². The Morgan fingerprint density at radius 2 is 1.82 bits per heavy atom. The molecule has 0 radical (unpaired) electrons. The Labute approximate surface area is 130 Å². The molecule has 0 heterocycles. The fourth-order valence-corrected chi connectivity index (χ4v) is 2.48. The Bertz CT molecular complexity index is 658. The molecule has 1 atom stereocenters. The van der Waals surface area contributed by atoms with Crippen molar-refractivity contribution >= 4 is 5.69 Å². The predicted octanol–water partition coefficient (Wildman–Crippen LogP) is 3.80. The van der Waals surface area contributed by atoms with Gasteiger partial charge in [-0.25, -0.2) is 0 Å². The second kappa shape index (κ2) is 7.04. The summed E-state index contributed by atoms with van der Waals surface area (Å²) in [6.45, 7) is 2.56. The summed E-state index contributed by atoms with van der Waals surface area (Å²) >= 11 is 0. The molecule has 0 saturated heterocycles. The summed E-state index contributed by atoms with van der Waals surface area (Å²) in [4.78, 5) is 12.8. The summed E-state index contributed by atoms with van der Waals surface area (Å²) in [5.41, 5.74) is 1.92. The predicted molar refractivity (Wildman–Crippen MR) is 86.0 cm³/mol. The van der Waals surface area contributed by atoms with Crippen LogP contribution in [0.1, 0.15) is 24.1 Å². The molecule has 0 aliphatic heterocycles. The number of para-hydroxylation sites is 2. The van der Waals surface area contributed by atoms with E-state index < -0.39 is 0 Å². The Morgan fingerprint density at radius 1 is 1.18 bits per heavy atom. The van der Waals surface area contributed by atoms with Crippen molar-refractivity contribution in [1.29, 1.82) is 0 Å². The molecule has 2 aromatic rings. The summed E-state index contributed by atoms with van der Waals surface area (Å²) in [6, 6.07) is 14.8. The smallest absolute Gasteiger partial charge is 0.273 e. The highest BCUT2D eigenvalue weighted by atomic mass is 16.6. The minimum atomic E-state index is -0.336. The number of hydrogen-bond donors (Lipinski definition) is 0. The van der Waals surface area contributed by atoms with E-state index in [4.69, 9.17) is 4.74 Å². The molecular weight excluding hydrogens is 280 g/mol. The molecule has 0 aromatic heterocycles. The standard InChI is InChI=1S/C17H20N2O3/c1-13(15-9-5-7-11-17(15)22-3)18(2)12-14-8-4-6-10-16(14)19(20)21/h4-11,13H,12H2,1-3H3/t13-/m1/s1. The molecule has 5 nitrogen and oxygen atoms in total. The molecule has 0 N–H and O–H groups in total. The molecule has 22 heavy (non-hydrogen) atoms. The Balaban J connectivity index is 2.22. The van der Waals surface area contributed by atoms with Crippen molar-refractivity contribution in [2.75, 3.05) is 14.2 Å². The van der Waals surface area contributed by atoms with E-state index in [1.54, 1.807) is 19.2 Å². The lowest BCUT2D eigenvalue weighted by Crippen LogP contribution is -2.22. The second-order valence-corrected chi connectivity index (χ2v) is 5.22. The first-order valence-electron chi connectivity index (χ1n) is 7.10. The molecule has 0 fully saturated rings. The van der Waals surface area contributed by atoms with Gasteiger partial charge in [-0.3, -0.25) is 15.0 Å². The maximum atomic E-state index is 11.1. The van der Waals surface area contributed by atoms with Gasteiger partial charge in [-0.05, 0) is 20.0 Å². The minimum Gasteiger partial charge on any atom is -0.496 e. The van der Waals surface area contributed by atoms with Crippen LogP contribution in [0, 0.1) is 10.1 Å². The lowest BCUT2D eigenvalue weighted by Gasteiger charge is -2.26. The molecule has 2 aromatic carbocycles. The van der Waals surface area contributed by atoms with Gasteiger partial charge >= 0.3 is 0 Å². The fraction of sp³-hybridized carbons (Fsp3) is 0.294. The third-order valence-corrected chi connectivity index (χ3v) is 3.86. The van der Waals surface area contributed by atoms with E-state index in [1.807, 2.05) is 37.4 Å². The highest BCUT2D eigenvalue weighted by molar-refractivity contribution is 5.40. The van der Waals surface area contributed by atoms with Crippen LogP contribution in [0.25, 0.3) is 0 Å². The van der Waals surface area contributed by atoms with Crippen molar-refractivity contribution in [1.82, 2.24) is 4.90 Å². The van der Waals surface area contributed by atoms with Crippen molar-refractivity contribution in [3.8, 4) is 5.75 Å². The molecule has 0 amide bonds. The van der Waals surface area contributed by atoms with Crippen molar-refractivity contribution in [3.63, 3.8) is 0 Å². The van der Waals surface area contributed by atoms with Crippen molar-refractivity contribution in [3.05, 3.63) is 69.8 Å². The number of benzene rings is 2. The number of nitrogens with zero attached hydrogens (tertiary/aromatic N) is 2. The molecule has 5 heteroatoms. The fourth-order valence-electron chi connectivity index (χ4n) is 2.48. The third kappa shape index (κ3) is 3.43. The lowest BCUT2D eigenvalue weighted by molar-refractivity contribution is -0.385. The van der Waals surface area contributed by atoms with E-state index in [9.17, 15) is 10.1 Å². The molecule has 0 aliphatic carbocycles. The first kappa shape index (κ1) is 16.0. The van der Waals surface area contributed by atoms with Crippen LogP contribution in [0.2, 0.25) is 0 Å². The molecule has 0 saturated carbocycles. The highest BCUT2D eigenvalue weighted by Crippen LogP contribution is 2.30. The van der Waals surface area contributed by atoms with Crippen LogP contribution in [-0.2, 0) is 6.54 Å². The molecular formula is C17H20N2O3. The van der Waals surface area contributed by atoms with Crippen molar-refractivity contribution in [2.24, 2.45) is 0 Å². The van der Waals surface area contributed by atoms with Crippen LogP contribution in [0.5, 0.6) is 5.75 Å². The minimum absolute atomic E-state index is 0.0796. The van der Waals surface area contributed by atoms with Gasteiger partial charge in [0.2, 0.25) is 0 Å². The van der Waals surface area contributed by atoms with Gasteiger partial charge in [0.25, 0.3) is 5.69 Å². The molecule has 0 aliphatic rings. The highest BCUT2D eigenvalue weighted by Gasteiger charge is 2.19.